The van der Waals surface area contributed by atoms with Crippen molar-refractivity contribution in [3.05, 3.63) is 35.2 Å². The molecule has 5 nitrogen and oxygen atoms in total. The van der Waals surface area contributed by atoms with Crippen molar-refractivity contribution in [2.24, 2.45) is 5.84 Å². The predicted octanol–water partition coefficient (Wildman–Crippen LogP) is 2.00. The number of rotatable bonds is 3. The lowest BCUT2D eigenvalue weighted by atomic mass is 10.1. The maximum absolute atomic E-state index is 5.42. The van der Waals surface area contributed by atoms with Gasteiger partial charge in [-0.3, -0.25) is 4.98 Å². The summed E-state index contributed by atoms with van der Waals surface area (Å²) in [6.07, 6.45) is 2.65. The molecule has 94 valence electrons. The summed E-state index contributed by atoms with van der Waals surface area (Å²) in [5, 5.41) is 0. The second-order valence-corrected chi connectivity index (χ2v) is 4.24. The van der Waals surface area contributed by atoms with E-state index in [9.17, 15) is 0 Å². The Morgan fingerprint density at radius 1 is 1.22 bits per heavy atom. The highest BCUT2D eigenvalue weighted by molar-refractivity contribution is 5.57. The summed E-state index contributed by atoms with van der Waals surface area (Å²) >= 11 is 0. The van der Waals surface area contributed by atoms with E-state index in [0.29, 0.717) is 11.6 Å². The molecule has 0 saturated heterocycles. The number of anilines is 1. The molecule has 0 atom stereocenters. The lowest BCUT2D eigenvalue weighted by Crippen LogP contribution is -2.11. The summed E-state index contributed by atoms with van der Waals surface area (Å²) < 4.78 is 0. The molecule has 0 aliphatic carbocycles. The van der Waals surface area contributed by atoms with Crippen LogP contribution in [0.25, 0.3) is 11.5 Å². The van der Waals surface area contributed by atoms with E-state index in [0.717, 1.165) is 28.9 Å². The molecule has 3 N–H and O–H groups in total. The molecule has 2 aromatic heterocycles. The molecule has 0 unspecified atom stereocenters. The summed E-state index contributed by atoms with van der Waals surface area (Å²) in [5.41, 5.74) is 6.49. The van der Waals surface area contributed by atoms with Gasteiger partial charge >= 0.3 is 0 Å². The molecule has 0 aromatic carbocycles. The Labute approximate surface area is 106 Å². The number of aryl methyl sites for hydroxylation is 3. The first kappa shape index (κ1) is 12.4. The molecule has 0 radical (unpaired) electrons. The van der Waals surface area contributed by atoms with Gasteiger partial charge in [0.2, 0.25) is 0 Å². The van der Waals surface area contributed by atoms with E-state index < -0.39 is 0 Å². The van der Waals surface area contributed by atoms with Crippen molar-refractivity contribution < 1.29 is 0 Å². The normalized spacial score (nSPS) is 10.4. The highest BCUT2D eigenvalue weighted by atomic mass is 15.3. The van der Waals surface area contributed by atoms with Crippen molar-refractivity contribution in [1.82, 2.24) is 15.0 Å². The Hall–Kier alpha value is -2.01. The van der Waals surface area contributed by atoms with Crippen LogP contribution >= 0.6 is 0 Å². The molecule has 2 aromatic rings. The average Bonchev–Trinajstić information content (AvgIpc) is 2.38. The minimum absolute atomic E-state index is 0.610. The summed E-state index contributed by atoms with van der Waals surface area (Å²) in [7, 11) is 0. The molecule has 0 fully saturated rings. The fraction of sp³-hybridized carbons (Fsp3) is 0.308. The first-order chi connectivity index (χ1) is 8.63. The van der Waals surface area contributed by atoms with Gasteiger partial charge in [0.1, 0.15) is 11.5 Å². The molecule has 0 spiro atoms. The van der Waals surface area contributed by atoms with Crippen LogP contribution < -0.4 is 11.3 Å². The van der Waals surface area contributed by atoms with Crippen molar-refractivity contribution in [3.8, 4) is 11.5 Å². The van der Waals surface area contributed by atoms with E-state index in [1.54, 1.807) is 0 Å². The number of aromatic nitrogens is 3. The molecular formula is C13H17N5. The first-order valence-corrected chi connectivity index (χ1v) is 5.92. The number of hydrazine groups is 1. The summed E-state index contributed by atoms with van der Waals surface area (Å²) in [4.78, 5) is 13.2. The second kappa shape index (κ2) is 5.10. The van der Waals surface area contributed by atoms with E-state index in [2.05, 4.69) is 26.4 Å². The van der Waals surface area contributed by atoms with Crippen LogP contribution in [0.15, 0.2) is 18.3 Å². The molecule has 2 heterocycles. The summed E-state index contributed by atoms with van der Waals surface area (Å²) in [5.74, 6) is 6.64. The molecule has 2 rings (SSSR count). The third kappa shape index (κ3) is 2.46. The molecule has 0 aliphatic heterocycles. The topological polar surface area (TPSA) is 76.7 Å². The largest absolute Gasteiger partial charge is 0.308 e. The van der Waals surface area contributed by atoms with E-state index >= 15 is 0 Å². The number of pyridine rings is 1. The smallest absolute Gasteiger partial charge is 0.180 e. The Kier molecular flexibility index (Phi) is 3.53. The predicted molar refractivity (Wildman–Crippen MR) is 71.9 cm³/mol. The lowest BCUT2D eigenvalue weighted by molar-refractivity contribution is 0.991. The van der Waals surface area contributed by atoms with Gasteiger partial charge in [-0.15, -0.1) is 0 Å². The number of hydrogen-bond donors (Lipinski definition) is 2. The van der Waals surface area contributed by atoms with E-state index in [1.165, 1.54) is 0 Å². The maximum atomic E-state index is 5.42. The summed E-state index contributed by atoms with van der Waals surface area (Å²) in [6.45, 7) is 6.06. The van der Waals surface area contributed by atoms with Gasteiger partial charge in [0.05, 0.1) is 0 Å². The molecule has 18 heavy (non-hydrogen) atoms. The number of nitrogens with one attached hydrogen (secondary N) is 1. The van der Waals surface area contributed by atoms with Crippen LogP contribution in [0.2, 0.25) is 0 Å². The van der Waals surface area contributed by atoms with Crippen LogP contribution in [0.3, 0.4) is 0 Å². The molecule has 0 aliphatic rings. The number of nitrogens with zero attached hydrogens (tertiary/aromatic N) is 3. The third-order valence-corrected chi connectivity index (χ3v) is 2.72. The second-order valence-electron chi connectivity index (χ2n) is 4.24. The van der Waals surface area contributed by atoms with Gasteiger partial charge in [0.15, 0.2) is 5.82 Å². The maximum Gasteiger partial charge on any atom is 0.180 e. The molecular weight excluding hydrogens is 226 g/mol. The van der Waals surface area contributed by atoms with Crippen LogP contribution in [-0.4, -0.2) is 15.0 Å². The molecule has 0 saturated carbocycles. The third-order valence-electron chi connectivity index (χ3n) is 2.72. The highest BCUT2D eigenvalue weighted by Crippen LogP contribution is 2.20. The van der Waals surface area contributed by atoms with Gasteiger partial charge in [-0.1, -0.05) is 13.0 Å². The van der Waals surface area contributed by atoms with Crippen molar-refractivity contribution in [2.45, 2.75) is 27.2 Å². The van der Waals surface area contributed by atoms with Gasteiger partial charge in [0, 0.05) is 18.0 Å². The number of hydrogen-bond acceptors (Lipinski definition) is 5. The Morgan fingerprint density at radius 2 is 2.00 bits per heavy atom. The first-order valence-electron chi connectivity index (χ1n) is 5.92. The number of nitrogen functional groups attached to an aromatic ring is 1. The van der Waals surface area contributed by atoms with Crippen molar-refractivity contribution in [2.75, 3.05) is 5.43 Å². The SMILES string of the molecule is CCc1cc(NN)nc(-c2ncc(C)cc2C)n1. The van der Waals surface area contributed by atoms with Crippen LogP contribution in [0.5, 0.6) is 0 Å². The minimum atomic E-state index is 0.610. The monoisotopic (exact) mass is 243 g/mol. The van der Waals surface area contributed by atoms with E-state index in [-0.39, 0.29) is 0 Å². The molecule has 5 heteroatoms. The molecule has 0 amide bonds. The van der Waals surface area contributed by atoms with Crippen molar-refractivity contribution in [3.63, 3.8) is 0 Å². The average molecular weight is 243 g/mol. The number of nitrogens with two attached hydrogens (primary N) is 1. The zero-order valence-electron chi connectivity index (χ0n) is 10.9. The fourth-order valence-corrected chi connectivity index (χ4v) is 1.81. The Bertz CT molecular complexity index is 543. The zero-order chi connectivity index (χ0) is 13.1. The van der Waals surface area contributed by atoms with Crippen LogP contribution in [-0.2, 0) is 6.42 Å². The van der Waals surface area contributed by atoms with Crippen molar-refractivity contribution in [1.29, 1.82) is 0 Å². The van der Waals surface area contributed by atoms with Gasteiger partial charge in [-0.2, -0.15) is 0 Å². The minimum Gasteiger partial charge on any atom is -0.308 e. The van der Waals surface area contributed by atoms with Crippen molar-refractivity contribution >= 4 is 5.82 Å². The van der Waals surface area contributed by atoms with Crippen LogP contribution in [0.1, 0.15) is 23.7 Å². The van der Waals surface area contributed by atoms with E-state index in [1.807, 2.05) is 33.0 Å². The van der Waals surface area contributed by atoms with Gasteiger partial charge < -0.3 is 5.43 Å². The van der Waals surface area contributed by atoms with Crippen LogP contribution in [0.4, 0.5) is 5.82 Å². The standard InChI is InChI=1S/C13H17N5/c1-4-10-6-11(18-14)17-13(16-10)12-9(3)5-8(2)7-15-12/h5-7H,4,14H2,1-3H3,(H,16,17,18). The van der Waals surface area contributed by atoms with Gasteiger partial charge in [-0.25, -0.2) is 15.8 Å². The van der Waals surface area contributed by atoms with E-state index in [4.69, 9.17) is 5.84 Å². The Balaban J connectivity index is 2.55. The quantitative estimate of drug-likeness (QED) is 0.637. The summed E-state index contributed by atoms with van der Waals surface area (Å²) in [6, 6.07) is 3.91. The highest BCUT2D eigenvalue weighted by Gasteiger charge is 2.09. The van der Waals surface area contributed by atoms with Crippen LogP contribution in [0, 0.1) is 13.8 Å². The fourth-order valence-electron chi connectivity index (χ4n) is 1.81. The van der Waals surface area contributed by atoms with Gasteiger partial charge in [-0.05, 0) is 31.4 Å². The Morgan fingerprint density at radius 3 is 2.61 bits per heavy atom. The molecule has 0 bridgehead atoms. The van der Waals surface area contributed by atoms with Gasteiger partial charge in [0.25, 0.3) is 0 Å². The lowest BCUT2D eigenvalue weighted by Gasteiger charge is -2.08. The zero-order valence-corrected chi connectivity index (χ0v) is 10.9.